The maximum absolute atomic E-state index is 13.0. The third-order valence-corrected chi connectivity index (χ3v) is 5.13. The normalized spacial score (nSPS) is 11.3. The van der Waals surface area contributed by atoms with Crippen molar-refractivity contribution in [1.82, 2.24) is 19.7 Å². The first-order valence-corrected chi connectivity index (χ1v) is 8.38. The van der Waals surface area contributed by atoms with E-state index in [2.05, 4.69) is 15.2 Å². The van der Waals surface area contributed by atoms with Crippen LogP contribution in [-0.4, -0.2) is 19.7 Å². The summed E-state index contributed by atoms with van der Waals surface area (Å²) in [5, 5.41) is 8.54. The molecule has 8 heteroatoms. The maximum atomic E-state index is 13.0. The van der Waals surface area contributed by atoms with Gasteiger partial charge in [-0.1, -0.05) is 0 Å². The van der Waals surface area contributed by atoms with Gasteiger partial charge in [0.05, 0.1) is 11.7 Å². The lowest BCUT2D eigenvalue weighted by atomic mass is 10.2. The van der Waals surface area contributed by atoms with Gasteiger partial charge in [0, 0.05) is 10.4 Å². The molecular formula is C17H13FN4O2S. The van der Waals surface area contributed by atoms with Gasteiger partial charge in [0.1, 0.15) is 17.2 Å². The topological polar surface area (TPSA) is 73.8 Å². The molecule has 0 aliphatic rings. The van der Waals surface area contributed by atoms with Crippen LogP contribution in [0.2, 0.25) is 0 Å². The van der Waals surface area contributed by atoms with Crippen molar-refractivity contribution in [3.8, 4) is 11.5 Å². The number of aryl methyl sites for hydroxylation is 2. The smallest absolute Gasteiger partial charge is 0.262 e. The second-order valence-corrected chi connectivity index (χ2v) is 6.85. The summed E-state index contributed by atoms with van der Waals surface area (Å²) in [6, 6.07) is 5.76. The number of benzene rings is 1. The highest BCUT2D eigenvalue weighted by molar-refractivity contribution is 7.18. The van der Waals surface area contributed by atoms with E-state index in [9.17, 15) is 9.18 Å². The molecule has 0 aliphatic carbocycles. The van der Waals surface area contributed by atoms with Crippen LogP contribution >= 0.6 is 11.3 Å². The molecule has 0 bridgehead atoms. The number of thiophene rings is 1. The van der Waals surface area contributed by atoms with Crippen molar-refractivity contribution in [2.45, 2.75) is 20.4 Å². The van der Waals surface area contributed by atoms with E-state index in [1.165, 1.54) is 34.4 Å². The summed E-state index contributed by atoms with van der Waals surface area (Å²) >= 11 is 1.50. The number of hydrogen-bond acceptors (Lipinski definition) is 6. The van der Waals surface area contributed by atoms with Crippen LogP contribution in [-0.2, 0) is 6.54 Å². The zero-order chi connectivity index (χ0) is 17.6. The summed E-state index contributed by atoms with van der Waals surface area (Å²) in [5.41, 5.74) is 1.43. The molecule has 0 saturated carbocycles. The summed E-state index contributed by atoms with van der Waals surface area (Å²) in [6.45, 7) is 4.02. The van der Waals surface area contributed by atoms with Crippen LogP contribution in [0.5, 0.6) is 0 Å². The highest BCUT2D eigenvalue weighted by atomic mass is 32.1. The number of halogens is 1. The molecule has 0 spiro atoms. The number of fused-ring (bicyclic) bond motifs is 1. The van der Waals surface area contributed by atoms with E-state index >= 15 is 0 Å². The highest BCUT2D eigenvalue weighted by Gasteiger charge is 2.14. The first-order chi connectivity index (χ1) is 12.0. The Morgan fingerprint density at radius 2 is 1.96 bits per heavy atom. The summed E-state index contributed by atoms with van der Waals surface area (Å²) in [7, 11) is 0. The van der Waals surface area contributed by atoms with E-state index < -0.39 is 0 Å². The van der Waals surface area contributed by atoms with Crippen molar-refractivity contribution in [3.63, 3.8) is 0 Å². The van der Waals surface area contributed by atoms with Crippen LogP contribution in [0.4, 0.5) is 4.39 Å². The van der Waals surface area contributed by atoms with Gasteiger partial charge < -0.3 is 4.42 Å². The Morgan fingerprint density at radius 1 is 1.20 bits per heavy atom. The van der Waals surface area contributed by atoms with Gasteiger partial charge in [0.2, 0.25) is 11.8 Å². The van der Waals surface area contributed by atoms with Crippen LogP contribution in [0.3, 0.4) is 0 Å². The van der Waals surface area contributed by atoms with Crippen LogP contribution < -0.4 is 5.56 Å². The Labute approximate surface area is 145 Å². The van der Waals surface area contributed by atoms with E-state index in [0.29, 0.717) is 10.9 Å². The molecule has 3 aromatic heterocycles. The predicted molar refractivity (Wildman–Crippen MR) is 92.1 cm³/mol. The molecule has 0 unspecified atom stereocenters. The molecule has 4 aromatic rings. The largest absolute Gasteiger partial charge is 0.419 e. The van der Waals surface area contributed by atoms with E-state index in [1.54, 1.807) is 12.1 Å². The van der Waals surface area contributed by atoms with Crippen LogP contribution in [0.25, 0.3) is 21.7 Å². The fourth-order valence-electron chi connectivity index (χ4n) is 2.55. The minimum Gasteiger partial charge on any atom is -0.419 e. The third-order valence-electron chi connectivity index (χ3n) is 4.02. The molecule has 0 radical (unpaired) electrons. The SMILES string of the molecule is Cc1sc2ncn(Cc3nnc(-c4ccc(F)cc4)o3)c(=O)c2c1C. The molecule has 0 saturated heterocycles. The Kier molecular flexibility index (Phi) is 3.69. The average Bonchev–Trinajstić information content (AvgIpc) is 3.17. The molecule has 0 fully saturated rings. The maximum Gasteiger partial charge on any atom is 0.262 e. The second-order valence-electron chi connectivity index (χ2n) is 5.65. The molecule has 3 heterocycles. The number of aromatic nitrogens is 4. The van der Waals surface area contributed by atoms with Gasteiger partial charge in [-0.05, 0) is 43.7 Å². The number of hydrogen-bond donors (Lipinski definition) is 0. The zero-order valence-electron chi connectivity index (χ0n) is 13.5. The van der Waals surface area contributed by atoms with Crippen LogP contribution in [0.1, 0.15) is 16.3 Å². The van der Waals surface area contributed by atoms with Crippen molar-refractivity contribution >= 4 is 21.6 Å². The van der Waals surface area contributed by atoms with E-state index in [4.69, 9.17) is 4.42 Å². The van der Waals surface area contributed by atoms with Crippen molar-refractivity contribution < 1.29 is 8.81 Å². The Bertz CT molecular complexity index is 1130. The third kappa shape index (κ3) is 2.74. The average molecular weight is 356 g/mol. The Balaban J connectivity index is 1.68. The van der Waals surface area contributed by atoms with Gasteiger partial charge in [-0.3, -0.25) is 9.36 Å². The van der Waals surface area contributed by atoms with Gasteiger partial charge in [-0.25, -0.2) is 9.37 Å². The lowest BCUT2D eigenvalue weighted by Gasteiger charge is -2.02. The fourth-order valence-corrected chi connectivity index (χ4v) is 3.54. The zero-order valence-corrected chi connectivity index (χ0v) is 14.3. The van der Waals surface area contributed by atoms with Crippen molar-refractivity contribution in [2.75, 3.05) is 0 Å². The van der Waals surface area contributed by atoms with Crippen molar-refractivity contribution in [2.24, 2.45) is 0 Å². The lowest BCUT2D eigenvalue weighted by molar-refractivity contribution is 0.483. The summed E-state index contributed by atoms with van der Waals surface area (Å²) in [4.78, 5) is 18.8. The molecule has 6 nitrogen and oxygen atoms in total. The quantitative estimate of drug-likeness (QED) is 0.563. The van der Waals surface area contributed by atoms with Crippen molar-refractivity contribution in [3.05, 3.63) is 63.1 Å². The van der Waals surface area contributed by atoms with Gasteiger partial charge in [-0.15, -0.1) is 21.5 Å². The minimum absolute atomic E-state index is 0.129. The molecule has 4 rings (SSSR count). The molecule has 1 aromatic carbocycles. The lowest BCUT2D eigenvalue weighted by Crippen LogP contribution is -2.21. The molecule has 0 atom stereocenters. The molecule has 126 valence electrons. The van der Waals surface area contributed by atoms with E-state index in [1.807, 2.05) is 13.8 Å². The first kappa shape index (κ1) is 15.6. The standard InChI is InChI=1S/C17H13FN4O2S/c1-9-10(2)25-16-14(9)17(23)22(8-19-16)7-13-20-21-15(24-13)11-3-5-12(18)6-4-11/h3-6,8H,7H2,1-2H3. The number of nitrogens with zero attached hydrogens (tertiary/aromatic N) is 4. The summed E-state index contributed by atoms with van der Waals surface area (Å²) < 4.78 is 20.0. The molecule has 25 heavy (non-hydrogen) atoms. The van der Waals surface area contributed by atoms with Crippen LogP contribution in [0, 0.1) is 19.7 Å². The highest BCUT2D eigenvalue weighted by Crippen LogP contribution is 2.25. The van der Waals surface area contributed by atoms with Crippen molar-refractivity contribution in [1.29, 1.82) is 0 Å². The van der Waals surface area contributed by atoms with Gasteiger partial charge in [0.15, 0.2) is 0 Å². The second kappa shape index (κ2) is 5.89. The van der Waals surface area contributed by atoms with Gasteiger partial charge in [-0.2, -0.15) is 0 Å². The number of rotatable bonds is 3. The van der Waals surface area contributed by atoms with Crippen LogP contribution in [0.15, 0.2) is 39.8 Å². The monoisotopic (exact) mass is 356 g/mol. The summed E-state index contributed by atoms with van der Waals surface area (Å²) in [6.07, 6.45) is 1.49. The fraction of sp³-hybridized carbons (Fsp3) is 0.176. The Morgan fingerprint density at radius 3 is 2.72 bits per heavy atom. The molecule has 0 aliphatic heterocycles. The summed E-state index contributed by atoms with van der Waals surface area (Å²) in [5.74, 6) is 0.225. The molecular weight excluding hydrogens is 343 g/mol. The minimum atomic E-state index is -0.337. The molecule has 0 N–H and O–H groups in total. The Hall–Kier alpha value is -2.87. The van der Waals surface area contributed by atoms with Gasteiger partial charge >= 0.3 is 0 Å². The van der Waals surface area contributed by atoms with E-state index in [0.717, 1.165) is 15.3 Å². The predicted octanol–water partition coefficient (Wildman–Crippen LogP) is 3.31. The molecule has 0 amide bonds. The van der Waals surface area contributed by atoms with Gasteiger partial charge in [0.25, 0.3) is 5.56 Å². The first-order valence-electron chi connectivity index (χ1n) is 7.56. The van der Waals surface area contributed by atoms with E-state index in [-0.39, 0.29) is 29.7 Å².